The summed E-state index contributed by atoms with van der Waals surface area (Å²) in [6.07, 6.45) is 3.20. The summed E-state index contributed by atoms with van der Waals surface area (Å²) in [5.74, 6) is -0.371. The van der Waals surface area contributed by atoms with Crippen molar-refractivity contribution >= 4 is 33.5 Å². The molecule has 3 rings (SSSR count). The van der Waals surface area contributed by atoms with Crippen molar-refractivity contribution in [2.45, 2.75) is 6.92 Å². The average Bonchev–Trinajstić information content (AvgIpc) is 2.79. The van der Waals surface area contributed by atoms with Crippen molar-refractivity contribution in [2.75, 3.05) is 12.3 Å². The lowest BCUT2D eigenvalue weighted by molar-refractivity contribution is 0.0528. The molecule has 0 spiro atoms. The molecule has 0 bridgehead atoms. The van der Waals surface area contributed by atoms with Crippen LogP contribution in [0.2, 0.25) is 0 Å². The van der Waals surface area contributed by atoms with Gasteiger partial charge in [0.15, 0.2) is 0 Å². The van der Waals surface area contributed by atoms with Crippen LogP contribution in [0, 0.1) is 0 Å². The second-order valence-electron chi connectivity index (χ2n) is 4.22. The van der Waals surface area contributed by atoms with E-state index in [0.29, 0.717) is 17.9 Å². The molecule has 0 saturated carbocycles. The van der Waals surface area contributed by atoms with Crippen molar-refractivity contribution in [1.82, 2.24) is 9.97 Å². The minimum Gasteiger partial charge on any atom is -0.462 e. The Hall–Kier alpha value is -2.56. The molecule has 3 N–H and O–H groups in total. The summed E-state index contributed by atoms with van der Waals surface area (Å²) in [7, 11) is 0. The number of hydrogen-bond acceptors (Lipinski definition) is 4. The van der Waals surface area contributed by atoms with Crippen LogP contribution in [-0.2, 0) is 4.74 Å². The fraction of sp³-hybridized carbons (Fsp3) is 0.143. The number of aromatic nitrogens is 2. The molecule has 5 heteroatoms. The van der Waals surface area contributed by atoms with Crippen molar-refractivity contribution in [3.05, 3.63) is 36.2 Å². The number of carbonyl (C=O) groups excluding carboxylic acids is 1. The predicted octanol–water partition coefficient (Wildman–Crippen LogP) is 2.48. The third-order valence-electron chi connectivity index (χ3n) is 3.07. The summed E-state index contributed by atoms with van der Waals surface area (Å²) < 4.78 is 5.06. The number of carbonyl (C=O) groups is 1. The van der Waals surface area contributed by atoms with E-state index in [-0.39, 0.29) is 5.97 Å². The van der Waals surface area contributed by atoms with Crippen molar-refractivity contribution in [2.24, 2.45) is 0 Å². The lowest BCUT2D eigenvalue weighted by atomic mass is 10.1. The first-order valence-electron chi connectivity index (χ1n) is 6.03. The van der Waals surface area contributed by atoms with Crippen molar-refractivity contribution < 1.29 is 9.53 Å². The molecule has 0 saturated heterocycles. The van der Waals surface area contributed by atoms with Gasteiger partial charge in [0.25, 0.3) is 0 Å². The summed E-state index contributed by atoms with van der Waals surface area (Å²) >= 11 is 0. The average molecular weight is 255 g/mol. The summed E-state index contributed by atoms with van der Waals surface area (Å²) in [4.78, 5) is 19.2. The van der Waals surface area contributed by atoms with Gasteiger partial charge in [-0.3, -0.25) is 4.98 Å². The number of rotatable bonds is 2. The Morgan fingerprint density at radius 2 is 2.26 bits per heavy atom. The monoisotopic (exact) mass is 255 g/mol. The van der Waals surface area contributed by atoms with Gasteiger partial charge in [0, 0.05) is 17.0 Å². The Morgan fingerprint density at radius 1 is 1.42 bits per heavy atom. The molecule has 5 nitrogen and oxygen atoms in total. The number of esters is 1. The molecule has 0 atom stereocenters. The Labute approximate surface area is 109 Å². The van der Waals surface area contributed by atoms with E-state index in [9.17, 15) is 4.79 Å². The number of benzene rings is 1. The Balaban J connectivity index is 2.38. The maximum atomic E-state index is 12.0. The quantitative estimate of drug-likeness (QED) is 0.544. The minimum atomic E-state index is -0.371. The zero-order valence-corrected chi connectivity index (χ0v) is 10.4. The Morgan fingerprint density at radius 3 is 3.05 bits per heavy atom. The number of nitrogens with zero attached hydrogens (tertiary/aromatic N) is 1. The number of aromatic amines is 1. The molecular formula is C14H13N3O2. The Bertz CT molecular complexity index is 777. The van der Waals surface area contributed by atoms with Gasteiger partial charge in [0.1, 0.15) is 0 Å². The van der Waals surface area contributed by atoms with Crippen LogP contribution in [-0.4, -0.2) is 22.5 Å². The molecule has 0 aliphatic rings. The normalized spacial score (nSPS) is 11.0. The molecule has 19 heavy (non-hydrogen) atoms. The van der Waals surface area contributed by atoms with E-state index < -0.39 is 0 Å². The van der Waals surface area contributed by atoms with E-state index >= 15 is 0 Å². The van der Waals surface area contributed by atoms with E-state index in [1.165, 1.54) is 6.20 Å². The van der Waals surface area contributed by atoms with Crippen molar-refractivity contribution in [1.29, 1.82) is 0 Å². The topological polar surface area (TPSA) is 81.0 Å². The third kappa shape index (κ3) is 1.71. The number of pyridine rings is 1. The number of ether oxygens (including phenoxy) is 1. The molecule has 2 heterocycles. The van der Waals surface area contributed by atoms with Gasteiger partial charge in [-0.15, -0.1) is 0 Å². The van der Waals surface area contributed by atoms with Crippen LogP contribution in [0.4, 0.5) is 5.69 Å². The fourth-order valence-corrected chi connectivity index (χ4v) is 2.26. The lowest BCUT2D eigenvalue weighted by Crippen LogP contribution is -2.05. The molecule has 3 aromatic rings. The lowest BCUT2D eigenvalue weighted by Gasteiger charge is -2.03. The first-order valence-corrected chi connectivity index (χ1v) is 6.03. The van der Waals surface area contributed by atoms with E-state index in [0.717, 1.165) is 21.8 Å². The van der Waals surface area contributed by atoms with E-state index in [1.807, 2.05) is 18.2 Å². The zero-order valence-electron chi connectivity index (χ0n) is 10.4. The van der Waals surface area contributed by atoms with Gasteiger partial charge in [-0.2, -0.15) is 0 Å². The van der Waals surface area contributed by atoms with Crippen LogP contribution in [0.1, 0.15) is 17.3 Å². The number of hydrogen-bond donors (Lipinski definition) is 2. The highest BCUT2D eigenvalue weighted by Gasteiger charge is 2.16. The summed E-state index contributed by atoms with van der Waals surface area (Å²) in [6.45, 7) is 2.11. The highest BCUT2D eigenvalue weighted by atomic mass is 16.5. The molecule has 1 aromatic carbocycles. The molecular weight excluding hydrogens is 242 g/mol. The number of para-hydroxylation sites is 1. The van der Waals surface area contributed by atoms with Gasteiger partial charge in [0.05, 0.1) is 35.1 Å². The van der Waals surface area contributed by atoms with Crippen molar-refractivity contribution in [3.8, 4) is 0 Å². The maximum absolute atomic E-state index is 12.0. The molecule has 2 aromatic heterocycles. The van der Waals surface area contributed by atoms with E-state index in [1.54, 1.807) is 13.1 Å². The number of fused-ring (bicyclic) bond motifs is 3. The van der Waals surface area contributed by atoms with Crippen LogP contribution in [0.3, 0.4) is 0 Å². The third-order valence-corrected chi connectivity index (χ3v) is 3.07. The Kier molecular flexibility index (Phi) is 2.59. The zero-order chi connectivity index (χ0) is 13.4. The second-order valence-corrected chi connectivity index (χ2v) is 4.22. The van der Waals surface area contributed by atoms with Gasteiger partial charge in [-0.05, 0) is 13.0 Å². The SMILES string of the molecule is CCOC(=O)c1cncc2[nH]c3c(N)cccc3c12. The van der Waals surface area contributed by atoms with E-state index in [4.69, 9.17) is 10.5 Å². The van der Waals surface area contributed by atoms with Crippen LogP contribution in [0.5, 0.6) is 0 Å². The first kappa shape index (κ1) is 11.5. The van der Waals surface area contributed by atoms with Gasteiger partial charge >= 0.3 is 5.97 Å². The summed E-state index contributed by atoms with van der Waals surface area (Å²) in [5, 5.41) is 1.70. The standard InChI is InChI=1S/C14H13N3O2/c1-2-19-14(18)9-6-16-7-11-12(9)8-4-3-5-10(15)13(8)17-11/h3-7,17H,2,15H2,1H3. The highest BCUT2D eigenvalue weighted by Crippen LogP contribution is 2.30. The van der Waals surface area contributed by atoms with Crippen LogP contribution >= 0.6 is 0 Å². The maximum Gasteiger partial charge on any atom is 0.340 e. The summed E-state index contributed by atoms with van der Waals surface area (Å²) in [6, 6.07) is 5.60. The molecule has 0 radical (unpaired) electrons. The predicted molar refractivity (Wildman–Crippen MR) is 74.0 cm³/mol. The number of anilines is 1. The van der Waals surface area contributed by atoms with E-state index in [2.05, 4.69) is 9.97 Å². The smallest absolute Gasteiger partial charge is 0.340 e. The van der Waals surface area contributed by atoms with Crippen molar-refractivity contribution in [3.63, 3.8) is 0 Å². The number of nitrogen functional groups attached to an aromatic ring is 1. The van der Waals surface area contributed by atoms with Gasteiger partial charge in [-0.1, -0.05) is 12.1 Å². The molecule has 0 amide bonds. The first-order chi connectivity index (χ1) is 9.22. The van der Waals surface area contributed by atoms with Gasteiger partial charge in [-0.25, -0.2) is 4.79 Å². The van der Waals surface area contributed by atoms with Gasteiger partial charge in [0.2, 0.25) is 0 Å². The molecule has 0 fully saturated rings. The molecule has 96 valence electrons. The number of H-pyrrole nitrogens is 1. The minimum absolute atomic E-state index is 0.333. The van der Waals surface area contributed by atoms with Crippen LogP contribution in [0.25, 0.3) is 21.8 Å². The summed E-state index contributed by atoms with van der Waals surface area (Å²) in [5.41, 5.74) is 8.63. The largest absolute Gasteiger partial charge is 0.462 e. The molecule has 0 aliphatic heterocycles. The van der Waals surface area contributed by atoms with Crippen LogP contribution in [0.15, 0.2) is 30.6 Å². The highest BCUT2D eigenvalue weighted by molar-refractivity contribution is 6.18. The number of nitrogens with two attached hydrogens (primary N) is 1. The van der Waals surface area contributed by atoms with Gasteiger partial charge < -0.3 is 15.5 Å². The molecule has 0 aliphatic carbocycles. The second kappa shape index (κ2) is 4.28. The number of nitrogens with one attached hydrogen (secondary N) is 1. The van der Waals surface area contributed by atoms with Crippen LogP contribution < -0.4 is 5.73 Å². The fourth-order valence-electron chi connectivity index (χ4n) is 2.26. The molecule has 0 unspecified atom stereocenters.